The fraction of sp³-hybridized carbons (Fsp3) is 0.286. The molecule has 3 nitrogen and oxygen atoms in total. The van der Waals surface area contributed by atoms with E-state index in [1.807, 2.05) is 19.2 Å². The van der Waals surface area contributed by atoms with Gasteiger partial charge in [0.25, 0.3) is 0 Å². The molecule has 1 aromatic heterocycles. The van der Waals surface area contributed by atoms with Crippen molar-refractivity contribution in [2.24, 2.45) is 0 Å². The van der Waals surface area contributed by atoms with Crippen LogP contribution in [0.3, 0.4) is 0 Å². The Labute approximate surface area is 122 Å². The van der Waals surface area contributed by atoms with Gasteiger partial charge in [0.2, 0.25) is 0 Å². The summed E-state index contributed by atoms with van der Waals surface area (Å²) >= 11 is 12.4. The summed E-state index contributed by atoms with van der Waals surface area (Å²) in [7, 11) is 1.84. The normalized spacial score (nSPS) is 14.5. The second-order valence-electron chi connectivity index (χ2n) is 4.62. The van der Waals surface area contributed by atoms with Crippen LogP contribution in [0.5, 0.6) is 0 Å². The topological polar surface area (TPSA) is 37.8 Å². The summed E-state index contributed by atoms with van der Waals surface area (Å²) in [4.78, 5) is 9.08. The van der Waals surface area contributed by atoms with Gasteiger partial charge in [-0.05, 0) is 25.0 Å². The van der Waals surface area contributed by atoms with Gasteiger partial charge in [0, 0.05) is 24.7 Å². The van der Waals surface area contributed by atoms with Crippen LogP contribution in [0.15, 0.2) is 24.3 Å². The van der Waals surface area contributed by atoms with Crippen LogP contribution in [0.2, 0.25) is 10.0 Å². The minimum absolute atomic E-state index is 0.551. The molecule has 5 heteroatoms. The van der Waals surface area contributed by atoms with Gasteiger partial charge in [-0.1, -0.05) is 29.3 Å². The van der Waals surface area contributed by atoms with Crippen molar-refractivity contribution in [3.05, 3.63) is 40.0 Å². The van der Waals surface area contributed by atoms with Gasteiger partial charge in [0.1, 0.15) is 5.82 Å². The molecule has 1 aliphatic carbocycles. The van der Waals surface area contributed by atoms with Crippen molar-refractivity contribution in [3.8, 4) is 11.4 Å². The molecule has 1 N–H and O–H groups in total. The zero-order chi connectivity index (χ0) is 13.4. The number of nitrogens with one attached hydrogen (secondary N) is 1. The predicted molar refractivity (Wildman–Crippen MR) is 79.0 cm³/mol. The minimum atomic E-state index is 0.551. The molecule has 1 fully saturated rings. The summed E-state index contributed by atoms with van der Waals surface area (Å²) in [6, 6.07) is 7.41. The molecular weight excluding hydrogens is 281 g/mol. The van der Waals surface area contributed by atoms with Crippen LogP contribution in [-0.2, 0) is 0 Å². The van der Waals surface area contributed by atoms with E-state index in [4.69, 9.17) is 23.2 Å². The lowest BCUT2D eigenvalue weighted by Gasteiger charge is -2.09. The van der Waals surface area contributed by atoms with E-state index >= 15 is 0 Å². The first-order chi connectivity index (χ1) is 9.19. The number of rotatable bonds is 3. The Kier molecular flexibility index (Phi) is 3.33. The van der Waals surface area contributed by atoms with Crippen LogP contribution in [0.4, 0.5) is 5.82 Å². The van der Waals surface area contributed by atoms with Crippen molar-refractivity contribution >= 4 is 29.0 Å². The van der Waals surface area contributed by atoms with Crippen LogP contribution >= 0.6 is 23.2 Å². The third kappa shape index (κ3) is 2.53. The first kappa shape index (κ1) is 12.7. The van der Waals surface area contributed by atoms with E-state index in [9.17, 15) is 0 Å². The van der Waals surface area contributed by atoms with Gasteiger partial charge >= 0.3 is 0 Å². The average Bonchev–Trinajstić information content (AvgIpc) is 3.22. The highest BCUT2D eigenvalue weighted by Crippen LogP contribution is 2.41. The van der Waals surface area contributed by atoms with Crippen LogP contribution in [-0.4, -0.2) is 17.0 Å². The molecule has 19 heavy (non-hydrogen) atoms. The zero-order valence-electron chi connectivity index (χ0n) is 10.5. The standard InChI is InChI=1S/C14H13Cl2N3/c1-17-12-7-11(8-5-6-8)18-14(19-12)13-9(15)3-2-4-10(13)16/h2-4,7-8H,5-6H2,1H3,(H,17,18,19). The maximum Gasteiger partial charge on any atom is 0.164 e. The monoisotopic (exact) mass is 293 g/mol. The first-order valence-corrected chi connectivity index (χ1v) is 6.95. The third-order valence-electron chi connectivity index (χ3n) is 3.18. The molecule has 0 aliphatic heterocycles. The van der Waals surface area contributed by atoms with Crippen molar-refractivity contribution in [1.82, 2.24) is 9.97 Å². The number of nitrogens with zero attached hydrogens (tertiary/aromatic N) is 2. The van der Waals surface area contributed by atoms with E-state index in [0.717, 1.165) is 11.5 Å². The Morgan fingerprint density at radius 1 is 1.16 bits per heavy atom. The number of benzene rings is 1. The van der Waals surface area contributed by atoms with E-state index in [-0.39, 0.29) is 0 Å². The van der Waals surface area contributed by atoms with E-state index in [1.165, 1.54) is 12.8 Å². The van der Waals surface area contributed by atoms with Gasteiger partial charge in [0.05, 0.1) is 15.6 Å². The van der Waals surface area contributed by atoms with Crippen LogP contribution < -0.4 is 5.32 Å². The Bertz CT molecular complexity index is 604. The summed E-state index contributed by atoms with van der Waals surface area (Å²) < 4.78 is 0. The van der Waals surface area contributed by atoms with Gasteiger partial charge in [0.15, 0.2) is 5.82 Å². The van der Waals surface area contributed by atoms with Gasteiger partial charge in [-0.25, -0.2) is 9.97 Å². The Morgan fingerprint density at radius 2 is 1.84 bits per heavy atom. The summed E-state index contributed by atoms with van der Waals surface area (Å²) in [5.41, 5.74) is 1.76. The Hall–Kier alpha value is -1.32. The van der Waals surface area contributed by atoms with Gasteiger partial charge < -0.3 is 5.32 Å². The van der Waals surface area contributed by atoms with E-state index in [0.29, 0.717) is 27.4 Å². The molecule has 1 heterocycles. The summed E-state index contributed by atoms with van der Waals surface area (Å²) in [6.45, 7) is 0. The second kappa shape index (κ2) is 4.99. The number of halogens is 2. The van der Waals surface area contributed by atoms with Crippen molar-refractivity contribution in [3.63, 3.8) is 0 Å². The maximum atomic E-state index is 6.22. The third-order valence-corrected chi connectivity index (χ3v) is 3.81. The highest BCUT2D eigenvalue weighted by Gasteiger charge is 2.26. The highest BCUT2D eigenvalue weighted by atomic mass is 35.5. The maximum absolute atomic E-state index is 6.22. The number of anilines is 1. The molecule has 1 aromatic carbocycles. The summed E-state index contributed by atoms with van der Waals surface area (Å²) in [5.74, 6) is 1.93. The SMILES string of the molecule is CNc1cc(C2CC2)nc(-c2c(Cl)cccc2Cl)n1. The van der Waals surface area contributed by atoms with E-state index in [2.05, 4.69) is 15.3 Å². The average molecular weight is 294 g/mol. The molecule has 0 bridgehead atoms. The number of hydrogen-bond acceptors (Lipinski definition) is 3. The Balaban J connectivity index is 2.16. The molecule has 0 atom stereocenters. The Morgan fingerprint density at radius 3 is 2.42 bits per heavy atom. The molecular formula is C14H13Cl2N3. The van der Waals surface area contributed by atoms with Crippen molar-refractivity contribution in [2.75, 3.05) is 12.4 Å². The van der Waals surface area contributed by atoms with Crippen molar-refractivity contribution in [2.45, 2.75) is 18.8 Å². The minimum Gasteiger partial charge on any atom is -0.373 e. The van der Waals surface area contributed by atoms with Crippen LogP contribution in [0.25, 0.3) is 11.4 Å². The molecule has 0 amide bonds. The second-order valence-corrected chi connectivity index (χ2v) is 5.44. The zero-order valence-corrected chi connectivity index (χ0v) is 12.0. The smallest absolute Gasteiger partial charge is 0.164 e. The predicted octanol–water partition coefficient (Wildman–Crippen LogP) is 4.37. The lowest BCUT2D eigenvalue weighted by atomic mass is 10.2. The van der Waals surface area contributed by atoms with Gasteiger partial charge in [-0.3, -0.25) is 0 Å². The molecule has 0 radical (unpaired) electrons. The summed E-state index contributed by atoms with van der Waals surface area (Å²) in [6.07, 6.45) is 2.38. The van der Waals surface area contributed by atoms with Crippen LogP contribution in [0, 0.1) is 0 Å². The quantitative estimate of drug-likeness (QED) is 0.913. The fourth-order valence-electron chi connectivity index (χ4n) is 2.01. The van der Waals surface area contributed by atoms with Crippen LogP contribution in [0.1, 0.15) is 24.5 Å². The van der Waals surface area contributed by atoms with Crippen molar-refractivity contribution < 1.29 is 0 Å². The number of hydrogen-bond donors (Lipinski definition) is 1. The molecule has 1 aliphatic rings. The van der Waals surface area contributed by atoms with Crippen molar-refractivity contribution in [1.29, 1.82) is 0 Å². The first-order valence-electron chi connectivity index (χ1n) is 6.20. The molecule has 3 rings (SSSR count). The largest absolute Gasteiger partial charge is 0.373 e. The van der Waals surface area contributed by atoms with E-state index < -0.39 is 0 Å². The summed E-state index contributed by atoms with van der Waals surface area (Å²) in [5, 5.41) is 4.21. The molecule has 0 unspecified atom stereocenters. The lowest BCUT2D eigenvalue weighted by Crippen LogP contribution is -2.00. The lowest BCUT2D eigenvalue weighted by molar-refractivity contribution is 0.995. The van der Waals surface area contributed by atoms with Gasteiger partial charge in [-0.2, -0.15) is 0 Å². The highest BCUT2D eigenvalue weighted by molar-refractivity contribution is 6.38. The molecule has 2 aromatic rings. The molecule has 98 valence electrons. The molecule has 0 saturated heterocycles. The molecule has 1 saturated carbocycles. The molecule has 0 spiro atoms. The number of aromatic nitrogens is 2. The fourth-order valence-corrected chi connectivity index (χ4v) is 2.57. The van der Waals surface area contributed by atoms with E-state index in [1.54, 1.807) is 12.1 Å². The van der Waals surface area contributed by atoms with Gasteiger partial charge in [-0.15, -0.1) is 0 Å².